The van der Waals surface area contributed by atoms with E-state index in [1.54, 1.807) is 4.90 Å². The average Bonchev–Trinajstić information content (AvgIpc) is 3.04. The van der Waals surface area contributed by atoms with Gasteiger partial charge in [-0.2, -0.15) is 0 Å². The molecule has 3 aliphatic rings. The van der Waals surface area contributed by atoms with Gasteiger partial charge in [0.25, 0.3) is 5.91 Å². The van der Waals surface area contributed by atoms with Gasteiger partial charge in [0.2, 0.25) is 11.8 Å². The van der Waals surface area contributed by atoms with Gasteiger partial charge in [-0.05, 0) is 49.8 Å². The first-order valence-electron chi connectivity index (χ1n) is 12.2. The minimum atomic E-state index is -0.850. The van der Waals surface area contributed by atoms with E-state index in [4.69, 9.17) is 0 Å². The summed E-state index contributed by atoms with van der Waals surface area (Å²) in [5.41, 5.74) is 2.14. The van der Waals surface area contributed by atoms with Gasteiger partial charge in [0.1, 0.15) is 12.1 Å². The third kappa shape index (κ3) is 4.66. The topological polar surface area (TPSA) is 102 Å². The number of nitrogens with zero attached hydrogens (tertiary/aromatic N) is 3. The number of piperazine rings is 1. The van der Waals surface area contributed by atoms with E-state index in [-0.39, 0.29) is 36.7 Å². The van der Waals surface area contributed by atoms with Gasteiger partial charge in [-0.15, -0.1) is 0 Å². The highest BCUT2D eigenvalue weighted by Crippen LogP contribution is 2.38. The van der Waals surface area contributed by atoms with E-state index in [1.807, 2.05) is 43.9 Å². The largest absolute Gasteiger partial charge is 0.339 e. The summed E-state index contributed by atoms with van der Waals surface area (Å²) >= 11 is 0. The lowest BCUT2D eigenvalue weighted by Gasteiger charge is -2.37. The number of imide groups is 1. The Morgan fingerprint density at radius 1 is 1.09 bits per heavy atom. The second-order valence-corrected chi connectivity index (χ2v) is 9.89. The molecule has 4 rings (SSSR count). The van der Waals surface area contributed by atoms with Crippen LogP contribution < -0.4 is 10.6 Å². The Morgan fingerprint density at radius 2 is 1.82 bits per heavy atom. The molecule has 9 nitrogen and oxygen atoms in total. The van der Waals surface area contributed by atoms with E-state index < -0.39 is 11.6 Å². The zero-order valence-corrected chi connectivity index (χ0v) is 20.4. The number of hydrogen-bond donors (Lipinski definition) is 2. The van der Waals surface area contributed by atoms with Gasteiger partial charge in [0, 0.05) is 31.9 Å². The van der Waals surface area contributed by atoms with Gasteiger partial charge in [-0.1, -0.05) is 31.9 Å². The van der Waals surface area contributed by atoms with Crippen LogP contribution >= 0.6 is 0 Å². The molecule has 1 aromatic carbocycles. The van der Waals surface area contributed by atoms with Gasteiger partial charge in [0.05, 0.1) is 6.54 Å². The van der Waals surface area contributed by atoms with Crippen molar-refractivity contribution in [3.05, 3.63) is 29.3 Å². The van der Waals surface area contributed by atoms with Crippen LogP contribution in [0, 0.1) is 19.8 Å². The Labute approximate surface area is 200 Å². The number of rotatable bonds is 5. The molecule has 0 unspecified atom stereocenters. The van der Waals surface area contributed by atoms with Gasteiger partial charge in [-0.3, -0.25) is 24.2 Å². The molecule has 0 bridgehead atoms. The zero-order chi connectivity index (χ0) is 24.5. The molecule has 2 atom stereocenters. The normalized spacial score (nSPS) is 25.6. The fourth-order valence-corrected chi connectivity index (χ4v) is 5.31. The van der Waals surface area contributed by atoms with Crippen LogP contribution in [-0.4, -0.2) is 83.3 Å². The minimum absolute atomic E-state index is 0.0658. The molecule has 34 heavy (non-hydrogen) atoms. The van der Waals surface area contributed by atoms with Crippen molar-refractivity contribution >= 4 is 29.4 Å². The Morgan fingerprint density at radius 3 is 2.53 bits per heavy atom. The molecule has 184 valence electrons. The predicted octanol–water partition coefficient (Wildman–Crippen LogP) is 1.89. The van der Waals surface area contributed by atoms with Crippen molar-refractivity contribution in [2.45, 2.75) is 52.0 Å². The maximum absolute atomic E-state index is 13.1. The number of carbonyl (C=O) groups excluding carboxylic acids is 4. The molecule has 1 spiro atoms. The molecule has 2 N–H and O–H groups in total. The van der Waals surface area contributed by atoms with E-state index >= 15 is 0 Å². The Bertz CT molecular complexity index is 988. The van der Waals surface area contributed by atoms with Crippen LogP contribution in [0.4, 0.5) is 10.5 Å². The van der Waals surface area contributed by atoms with Crippen molar-refractivity contribution in [3.8, 4) is 0 Å². The molecular formula is C25H35N5O4. The first-order chi connectivity index (χ1) is 16.2. The predicted molar refractivity (Wildman–Crippen MR) is 128 cm³/mol. The standard InChI is InChI=1S/C25H35N5O4/c1-17-7-6-9-20(19(17)3)26-21(31)15-28-11-13-29(14-12-28)22(32)16-30-23(33)25(27-24(30)34)10-5-4-8-18(25)2/h6-7,9,18H,4-5,8,10-16H2,1-3H3,(H,26,31)(H,27,34)/t18-,25+/m0/s1. The average molecular weight is 470 g/mol. The Kier molecular flexibility index (Phi) is 6.93. The number of anilines is 1. The van der Waals surface area contributed by atoms with Crippen LogP contribution in [0.15, 0.2) is 18.2 Å². The van der Waals surface area contributed by atoms with Crippen molar-refractivity contribution < 1.29 is 19.2 Å². The number of urea groups is 1. The molecule has 2 aliphatic heterocycles. The van der Waals surface area contributed by atoms with Crippen molar-refractivity contribution in [1.29, 1.82) is 0 Å². The maximum Gasteiger partial charge on any atom is 0.325 e. The molecule has 2 heterocycles. The van der Waals surface area contributed by atoms with Crippen molar-refractivity contribution in [2.75, 3.05) is 44.6 Å². The molecule has 1 aromatic rings. The minimum Gasteiger partial charge on any atom is -0.339 e. The van der Waals surface area contributed by atoms with E-state index in [0.717, 1.165) is 41.0 Å². The van der Waals surface area contributed by atoms with E-state index in [0.29, 0.717) is 32.6 Å². The molecule has 2 saturated heterocycles. The highest BCUT2D eigenvalue weighted by Gasteiger charge is 2.55. The zero-order valence-electron chi connectivity index (χ0n) is 20.4. The van der Waals surface area contributed by atoms with E-state index in [1.165, 1.54) is 0 Å². The summed E-state index contributed by atoms with van der Waals surface area (Å²) in [6.07, 6.45) is 3.48. The molecule has 1 saturated carbocycles. The SMILES string of the molecule is Cc1cccc(NC(=O)CN2CCN(C(=O)CN3C(=O)N[C@@]4(CCCC[C@@H]4C)C3=O)CC2)c1C. The Balaban J connectivity index is 1.27. The number of hydrogen-bond acceptors (Lipinski definition) is 5. The molecule has 0 aromatic heterocycles. The quantitative estimate of drug-likeness (QED) is 0.642. The van der Waals surface area contributed by atoms with Gasteiger partial charge >= 0.3 is 6.03 Å². The first kappa shape index (κ1) is 24.2. The van der Waals surface area contributed by atoms with E-state index in [9.17, 15) is 19.2 Å². The first-order valence-corrected chi connectivity index (χ1v) is 12.2. The maximum atomic E-state index is 13.1. The highest BCUT2D eigenvalue weighted by atomic mass is 16.2. The molecule has 9 heteroatoms. The summed E-state index contributed by atoms with van der Waals surface area (Å²) in [5.74, 6) is -0.515. The molecular weight excluding hydrogens is 434 g/mol. The lowest BCUT2D eigenvalue weighted by molar-refractivity contribution is -0.141. The third-order valence-electron chi connectivity index (χ3n) is 7.77. The summed E-state index contributed by atoms with van der Waals surface area (Å²) in [6.45, 7) is 8.06. The summed E-state index contributed by atoms with van der Waals surface area (Å²) < 4.78 is 0. The lowest BCUT2D eigenvalue weighted by Crippen LogP contribution is -2.55. The summed E-state index contributed by atoms with van der Waals surface area (Å²) in [5, 5.41) is 5.87. The summed E-state index contributed by atoms with van der Waals surface area (Å²) in [7, 11) is 0. The Hall–Kier alpha value is -2.94. The van der Waals surface area contributed by atoms with Gasteiger partial charge < -0.3 is 15.5 Å². The fourth-order valence-electron chi connectivity index (χ4n) is 5.31. The molecule has 5 amide bonds. The number of nitrogens with one attached hydrogen (secondary N) is 2. The van der Waals surface area contributed by atoms with Crippen LogP contribution in [0.3, 0.4) is 0 Å². The van der Waals surface area contributed by atoms with Crippen LogP contribution in [0.5, 0.6) is 0 Å². The second-order valence-electron chi connectivity index (χ2n) is 9.89. The second kappa shape index (κ2) is 9.74. The summed E-state index contributed by atoms with van der Waals surface area (Å²) in [6, 6.07) is 5.36. The third-order valence-corrected chi connectivity index (χ3v) is 7.77. The van der Waals surface area contributed by atoms with Crippen LogP contribution in [0.1, 0.15) is 43.7 Å². The fraction of sp³-hybridized carbons (Fsp3) is 0.600. The lowest BCUT2D eigenvalue weighted by atomic mass is 9.73. The smallest absolute Gasteiger partial charge is 0.325 e. The highest BCUT2D eigenvalue weighted by molar-refractivity contribution is 6.09. The summed E-state index contributed by atoms with van der Waals surface area (Å²) in [4.78, 5) is 55.9. The van der Waals surface area contributed by atoms with E-state index in [2.05, 4.69) is 10.6 Å². The number of aryl methyl sites for hydroxylation is 1. The van der Waals surface area contributed by atoms with Crippen molar-refractivity contribution in [3.63, 3.8) is 0 Å². The van der Waals surface area contributed by atoms with Crippen LogP contribution in [-0.2, 0) is 14.4 Å². The van der Waals surface area contributed by atoms with Crippen LogP contribution in [0.25, 0.3) is 0 Å². The van der Waals surface area contributed by atoms with Crippen molar-refractivity contribution in [2.24, 2.45) is 5.92 Å². The molecule has 0 radical (unpaired) electrons. The van der Waals surface area contributed by atoms with Gasteiger partial charge in [0.15, 0.2) is 0 Å². The monoisotopic (exact) mass is 469 g/mol. The number of benzene rings is 1. The number of amides is 5. The van der Waals surface area contributed by atoms with Gasteiger partial charge in [-0.25, -0.2) is 4.79 Å². The van der Waals surface area contributed by atoms with Crippen LogP contribution in [0.2, 0.25) is 0 Å². The molecule has 3 fully saturated rings. The number of carbonyl (C=O) groups is 4. The molecule has 1 aliphatic carbocycles. The van der Waals surface area contributed by atoms with Crippen molar-refractivity contribution in [1.82, 2.24) is 20.0 Å².